The van der Waals surface area contributed by atoms with Gasteiger partial charge in [-0.1, -0.05) is 67.6 Å². The molecule has 1 saturated heterocycles. The highest BCUT2D eigenvalue weighted by Gasteiger charge is 2.47. The number of fused-ring (bicyclic) bond motifs is 2. The number of piperidine rings is 1. The molecule has 3 nitrogen and oxygen atoms in total. The normalized spacial score (nSPS) is 20.4. The second-order valence-corrected chi connectivity index (χ2v) is 10.6. The van der Waals surface area contributed by atoms with E-state index in [1.807, 2.05) is 6.07 Å². The number of nitrogens with zero attached hydrogens (tertiary/aromatic N) is 1. The zero-order valence-corrected chi connectivity index (χ0v) is 20.6. The minimum Gasteiger partial charge on any atom is -0.493 e. The minimum atomic E-state index is 0.212. The minimum absolute atomic E-state index is 0.212. The third kappa shape index (κ3) is 4.04. The van der Waals surface area contributed by atoms with Crippen LogP contribution >= 0.6 is 11.8 Å². The Kier molecular flexibility index (Phi) is 6.40. The Labute approximate surface area is 202 Å². The van der Waals surface area contributed by atoms with Gasteiger partial charge in [-0.25, -0.2) is 0 Å². The molecule has 1 spiro atoms. The van der Waals surface area contributed by atoms with E-state index in [9.17, 15) is 0 Å². The van der Waals surface area contributed by atoms with E-state index in [1.54, 1.807) is 19.8 Å². The number of thioether (sulfide) groups is 1. The number of ether oxygens (including phenoxy) is 2. The number of rotatable bonds is 6. The van der Waals surface area contributed by atoms with Crippen LogP contribution in [0.1, 0.15) is 59.7 Å². The van der Waals surface area contributed by atoms with Crippen LogP contribution in [0.4, 0.5) is 0 Å². The van der Waals surface area contributed by atoms with Gasteiger partial charge in [0.2, 0.25) is 0 Å². The van der Waals surface area contributed by atoms with Crippen molar-refractivity contribution in [3.63, 3.8) is 0 Å². The zero-order valence-electron chi connectivity index (χ0n) is 19.8. The maximum Gasteiger partial charge on any atom is 0.161 e. The smallest absolute Gasteiger partial charge is 0.161 e. The monoisotopic (exact) mass is 459 g/mol. The van der Waals surface area contributed by atoms with E-state index in [0.29, 0.717) is 11.3 Å². The molecular formula is C29H33NO2S. The lowest BCUT2D eigenvalue weighted by Gasteiger charge is -2.43. The number of benzene rings is 3. The number of hydrogen-bond donors (Lipinski definition) is 0. The Balaban J connectivity index is 1.38. The Morgan fingerprint density at radius 1 is 0.909 bits per heavy atom. The van der Waals surface area contributed by atoms with Crippen LogP contribution in [0, 0.1) is 0 Å². The predicted molar refractivity (Wildman–Crippen MR) is 137 cm³/mol. The molecule has 0 bridgehead atoms. The van der Waals surface area contributed by atoms with Gasteiger partial charge < -0.3 is 9.47 Å². The van der Waals surface area contributed by atoms with Crippen molar-refractivity contribution in [3.8, 4) is 11.5 Å². The van der Waals surface area contributed by atoms with Crippen LogP contribution in [0.2, 0.25) is 0 Å². The van der Waals surface area contributed by atoms with Gasteiger partial charge in [-0.15, -0.1) is 11.8 Å². The topological polar surface area (TPSA) is 21.7 Å². The van der Waals surface area contributed by atoms with E-state index in [2.05, 4.69) is 90.3 Å². The van der Waals surface area contributed by atoms with E-state index in [1.165, 1.54) is 29.5 Å². The first-order valence-corrected chi connectivity index (χ1v) is 12.8. The van der Waals surface area contributed by atoms with Crippen molar-refractivity contribution in [1.29, 1.82) is 0 Å². The van der Waals surface area contributed by atoms with Gasteiger partial charge in [-0.3, -0.25) is 4.90 Å². The molecule has 0 saturated carbocycles. The molecule has 0 aliphatic carbocycles. The summed E-state index contributed by atoms with van der Waals surface area (Å²) in [6.45, 7) is 4.50. The molecule has 2 atom stereocenters. The van der Waals surface area contributed by atoms with Crippen molar-refractivity contribution in [2.24, 2.45) is 0 Å². The molecule has 3 aromatic carbocycles. The molecule has 0 aromatic heterocycles. The second-order valence-electron chi connectivity index (χ2n) is 9.06. The van der Waals surface area contributed by atoms with E-state index < -0.39 is 0 Å². The lowest BCUT2D eigenvalue weighted by atomic mass is 9.83. The molecule has 1 fully saturated rings. The summed E-state index contributed by atoms with van der Waals surface area (Å²) in [6.07, 6.45) is 3.45. The Hall–Kier alpha value is -2.43. The van der Waals surface area contributed by atoms with Crippen molar-refractivity contribution in [3.05, 3.63) is 95.1 Å². The van der Waals surface area contributed by atoms with Crippen LogP contribution < -0.4 is 9.47 Å². The first kappa shape index (κ1) is 22.4. The Morgan fingerprint density at radius 3 is 2.30 bits per heavy atom. The summed E-state index contributed by atoms with van der Waals surface area (Å²) in [5.41, 5.74) is 5.80. The van der Waals surface area contributed by atoms with Crippen LogP contribution in [0.5, 0.6) is 11.5 Å². The van der Waals surface area contributed by atoms with Crippen molar-refractivity contribution in [2.75, 3.05) is 27.3 Å². The summed E-state index contributed by atoms with van der Waals surface area (Å²) in [4.78, 5) is 2.67. The molecule has 2 unspecified atom stereocenters. The first-order chi connectivity index (χ1) is 16.2. The summed E-state index contributed by atoms with van der Waals surface area (Å²) in [5.74, 6) is 1.60. The number of hydrogen-bond acceptors (Lipinski definition) is 4. The van der Waals surface area contributed by atoms with Crippen molar-refractivity contribution >= 4 is 11.8 Å². The quantitative estimate of drug-likeness (QED) is 0.396. The third-order valence-electron chi connectivity index (χ3n) is 7.41. The van der Waals surface area contributed by atoms with Crippen LogP contribution in [0.25, 0.3) is 0 Å². The second kappa shape index (κ2) is 9.44. The highest BCUT2D eigenvalue weighted by Crippen LogP contribution is 2.61. The molecule has 0 N–H and O–H groups in total. The average molecular weight is 460 g/mol. The maximum absolute atomic E-state index is 5.58. The van der Waals surface area contributed by atoms with Gasteiger partial charge in [0.15, 0.2) is 11.5 Å². The summed E-state index contributed by atoms with van der Waals surface area (Å²) >= 11 is 2.18. The average Bonchev–Trinajstić information content (AvgIpc) is 3.20. The van der Waals surface area contributed by atoms with Gasteiger partial charge in [-0.05, 0) is 53.6 Å². The van der Waals surface area contributed by atoms with Crippen LogP contribution in [0.15, 0.2) is 72.8 Å². The molecule has 3 aromatic rings. The molecule has 33 heavy (non-hydrogen) atoms. The molecular weight excluding hydrogens is 426 g/mol. The van der Waals surface area contributed by atoms with Gasteiger partial charge in [0.1, 0.15) is 0 Å². The summed E-state index contributed by atoms with van der Waals surface area (Å²) in [7, 11) is 3.41. The molecule has 2 heterocycles. The van der Waals surface area contributed by atoms with Gasteiger partial charge in [0.05, 0.1) is 19.5 Å². The van der Waals surface area contributed by atoms with Gasteiger partial charge in [0.25, 0.3) is 0 Å². The van der Waals surface area contributed by atoms with Crippen molar-refractivity contribution in [1.82, 2.24) is 4.90 Å². The fourth-order valence-corrected chi connectivity index (χ4v) is 7.53. The van der Waals surface area contributed by atoms with Crippen LogP contribution in [-0.4, -0.2) is 32.2 Å². The van der Waals surface area contributed by atoms with Crippen LogP contribution in [-0.2, 0) is 4.75 Å². The highest BCUT2D eigenvalue weighted by molar-refractivity contribution is 8.01. The fourth-order valence-electron chi connectivity index (χ4n) is 5.72. The number of methoxy groups -OCH3 is 2. The maximum atomic E-state index is 5.58. The molecule has 2 aliphatic heterocycles. The SMILES string of the molecule is CCC(c1ccc(OC)c(OC)c1)N1CCC2(CC1)SC(c1ccccc1)c1ccccc12. The first-order valence-electron chi connectivity index (χ1n) is 12.0. The van der Waals surface area contributed by atoms with E-state index in [-0.39, 0.29) is 4.75 Å². The third-order valence-corrected chi connectivity index (χ3v) is 9.25. The van der Waals surface area contributed by atoms with E-state index in [0.717, 1.165) is 31.0 Å². The number of likely N-dealkylation sites (tertiary alicyclic amines) is 1. The van der Waals surface area contributed by atoms with E-state index in [4.69, 9.17) is 9.47 Å². The van der Waals surface area contributed by atoms with Crippen molar-refractivity contribution in [2.45, 2.75) is 42.2 Å². The van der Waals surface area contributed by atoms with E-state index >= 15 is 0 Å². The molecule has 172 valence electrons. The lowest BCUT2D eigenvalue weighted by molar-refractivity contribution is 0.140. The largest absolute Gasteiger partial charge is 0.493 e. The summed E-state index contributed by atoms with van der Waals surface area (Å²) < 4.78 is 11.2. The predicted octanol–water partition coefficient (Wildman–Crippen LogP) is 6.98. The van der Waals surface area contributed by atoms with Gasteiger partial charge in [0, 0.05) is 23.9 Å². The van der Waals surface area contributed by atoms with Gasteiger partial charge in [-0.2, -0.15) is 0 Å². The fraction of sp³-hybridized carbons (Fsp3) is 0.379. The summed E-state index contributed by atoms with van der Waals surface area (Å²) in [5, 5.41) is 0.432. The zero-order chi connectivity index (χ0) is 22.8. The van der Waals surface area contributed by atoms with Crippen LogP contribution in [0.3, 0.4) is 0 Å². The lowest BCUT2D eigenvalue weighted by Crippen LogP contribution is -2.41. The highest BCUT2D eigenvalue weighted by atomic mass is 32.2. The Morgan fingerprint density at radius 2 is 1.61 bits per heavy atom. The standard InChI is InChI=1S/C29H33NO2S/c1-4-25(22-14-15-26(31-2)27(20-22)32-3)30-18-16-29(17-19-30)24-13-9-8-12-23(24)28(33-29)21-10-6-5-7-11-21/h5-15,20,25,28H,4,16-19H2,1-3H3. The molecule has 5 rings (SSSR count). The molecule has 0 amide bonds. The summed E-state index contributed by atoms with van der Waals surface area (Å²) in [6, 6.07) is 27.0. The molecule has 0 radical (unpaired) electrons. The molecule has 2 aliphatic rings. The molecule has 4 heteroatoms. The Bertz CT molecular complexity index is 1090. The van der Waals surface area contributed by atoms with Crippen molar-refractivity contribution < 1.29 is 9.47 Å². The van der Waals surface area contributed by atoms with Gasteiger partial charge >= 0.3 is 0 Å².